The molecule has 1 aromatic carbocycles. The highest BCUT2D eigenvalue weighted by Gasteiger charge is 2.26. The van der Waals surface area contributed by atoms with E-state index < -0.39 is 0 Å². The number of carbonyl (C=O) groups excluding carboxylic acids is 1. The molecule has 1 amide bonds. The summed E-state index contributed by atoms with van der Waals surface area (Å²) in [6.07, 6.45) is 2.71. The molecule has 0 N–H and O–H groups in total. The molecule has 2 heterocycles. The van der Waals surface area contributed by atoms with Crippen LogP contribution in [0.3, 0.4) is 0 Å². The Morgan fingerprint density at radius 2 is 1.84 bits per heavy atom. The first kappa shape index (κ1) is 18.0. The number of rotatable bonds is 3. The standard InChI is InChI=1S/C19H25ClN4O/c1-14(2)18-17(19(25)23-10-4-9-22(3)11-12-23)13-21-24(18)16-7-5-15(20)6-8-16/h5-8,13-14H,4,9-12H2,1-3H3. The molecule has 0 radical (unpaired) electrons. The third kappa shape index (κ3) is 3.88. The Morgan fingerprint density at radius 3 is 2.52 bits per heavy atom. The van der Waals surface area contributed by atoms with Gasteiger partial charge in [-0.2, -0.15) is 5.10 Å². The smallest absolute Gasteiger partial charge is 0.257 e. The Balaban J connectivity index is 1.93. The number of aromatic nitrogens is 2. The summed E-state index contributed by atoms with van der Waals surface area (Å²) in [6, 6.07) is 7.54. The van der Waals surface area contributed by atoms with Crippen LogP contribution in [0.25, 0.3) is 5.69 Å². The van der Waals surface area contributed by atoms with Crippen LogP contribution < -0.4 is 0 Å². The summed E-state index contributed by atoms with van der Waals surface area (Å²) < 4.78 is 1.86. The highest BCUT2D eigenvalue weighted by Crippen LogP contribution is 2.25. The first-order valence-corrected chi connectivity index (χ1v) is 9.17. The lowest BCUT2D eigenvalue weighted by Crippen LogP contribution is -2.35. The van der Waals surface area contributed by atoms with Crippen molar-refractivity contribution >= 4 is 17.5 Å². The summed E-state index contributed by atoms with van der Waals surface area (Å²) in [5.41, 5.74) is 2.57. The number of amides is 1. The van der Waals surface area contributed by atoms with Crippen molar-refractivity contribution in [3.8, 4) is 5.69 Å². The Kier molecular flexibility index (Phi) is 5.45. The van der Waals surface area contributed by atoms with Gasteiger partial charge in [0, 0.05) is 24.7 Å². The fourth-order valence-corrected chi connectivity index (χ4v) is 3.41. The van der Waals surface area contributed by atoms with Crippen molar-refractivity contribution in [2.24, 2.45) is 0 Å². The van der Waals surface area contributed by atoms with Crippen LogP contribution in [0.2, 0.25) is 5.02 Å². The van der Waals surface area contributed by atoms with Crippen molar-refractivity contribution in [3.05, 3.63) is 46.7 Å². The summed E-state index contributed by atoms with van der Waals surface area (Å²) >= 11 is 5.99. The van der Waals surface area contributed by atoms with Gasteiger partial charge in [0.25, 0.3) is 5.91 Å². The van der Waals surface area contributed by atoms with Gasteiger partial charge in [0.15, 0.2) is 0 Å². The first-order chi connectivity index (χ1) is 12.0. The van der Waals surface area contributed by atoms with Crippen molar-refractivity contribution in [1.82, 2.24) is 19.6 Å². The largest absolute Gasteiger partial charge is 0.337 e. The summed E-state index contributed by atoms with van der Waals surface area (Å²) in [5, 5.41) is 5.19. The normalized spacial score (nSPS) is 16.3. The highest BCUT2D eigenvalue weighted by atomic mass is 35.5. The maximum Gasteiger partial charge on any atom is 0.257 e. The molecule has 2 aromatic rings. The lowest BCUT2D eigenvalue weighted by atomic mass is 10.0. The lowest BCUT2D eigenvalue weighted by Gasteiger charge is -2.21. The zero-order valence-corrected chi connectivity index (χ0v) is 15.8. The zero-order chi connectivity index (χ0) is 18.0. The number of hydrogen-bond acceptors (Lipinski definition) is 3. The van der Waals surface area contributed by atoms with Gasteiger partial charge in [-0.15, -0.1) is 0 Å². The molecule has 0 aliphatic carbocycles. The highest BCUT2D eigenvalue weighted by molar-refractivity contribution is 6.30. The summed E-state index contributed by atoms with van der Waals surface area (Å²) in [6.45, 7) is 7.69. The number of hydrogen-bond donors (Lipinski definition) is 0. The van der Waals surface area contributed by atoms with Gasteiger partial charge in [-0.3, -0.25) is 4.79 Å². The van der Waals surface area contributed by atoms with Crippen LogP contribution in [0.15, 0.2) is 30.5 Å². The van der Waals surface area contributed by atoms with Crippen molar-refractivity contribution in [2.75, 3.05) is 33.2 Å². The van der Waals surface area contributed by atoms with Gasteiger partial charge in [0.1, 0.15) is 0 Å². The SMILES string of the molecule is CC(C)c1c(C(=O)N2CCCN(C)CC2)cnn1-c1ccc(Cl)cc1. The molecular weight excluding hydrogens is 336 g/mol. The van der Waals surface area contributed by atoms with E-state index in [1.165, 1.54) is 0 Å². The molecule has 25 heavy (non-hydrogen) atoms. The fraction of sp³-hybridized carbons (Fsp3) is 0.474. The average molecular weight is 361 g/mol. The lowest BCUT2D eigenvalue weighted by molar-refractivity contribution is 0.0761. The molecule has 0 bridgehead atoms. The second kappa shape index (κ2) is 7.58. The Morgan fingerprint density at radius 1 is 1.12 bits per heavy atom. The molecule has 0 atom stereocenters. The fourth-order valence-electron chi connectivity index (χ4n) is 3.29. The number of halogens is 1. The molecule has 0 unspecified atom stereocenters. The minimum absolute atomic E-state index is 0.0826. The van der Waals surface area contributed by atoms with E-state index in [4.69, 9.17) is 11.6 Å². The van der Waals surface area contributed by atoms with Gasteiger partial charge >= 0.3 is 0 Å². The van der Waals surface area contributed by atoms with Crippen LogP contribution >= 0.6 is 11.6 Å². The van der Waals surface area contributed by atoms with Crippen LogP contribution in [0, 0.1) is 0 Å². The van der Waals surface area contributed by atoms with Crippen LogP contribution in [-0.2, 0) is 0 Å². The maximum absolute atomic E-state index is 13.1. The summed E-state index contributed by atoms with van der Waals surface area (Å²) in [5.74, 6) is 0.269. The van der Waals surface area contributed by atoms with Crippen molar-refractivity contribution in [1.29, 1.82) is 0 Å². The van der Waals surface area contributed by atoms with Crippen LogP contribution in [-0.4, -0.2) is 58.7 Å². The number of benzene rings is 1. The van der Waals surface area contributed by atoms with E-state index in [-0.39, 0.29) is 11.8 Å². The van der Waals surface area contributed by atoms with Gasteiger partial charge in [-0.25, -0.2) is 4.68 Å². The van der Waals surface area contributed by atoms with Gasteiger partial charge in [-0.05, 0) is 50.2 Å². The predicted octanol–water partition coefficient (Wildman–Crippen LogP) is 3.43. The van der Waals surface area contributed by atoms with E-state index >= 15 is 0 Å². The molecular formula is C19H25ClN4O. The van der Waals surface area contributed by atoms with E-state index in [1.54, 1.807) is 6.20 Å². The minimum Gasteiger partial charge on any atom is -0.337 e. The second-order valence-corrected chi connectivity index (χ2v) is 7.37. The van der Waals surface area contributed by atoms with Gasteiger partial charge in [0.2, 0.25) is 0 Å². The van der Waals surface area contributed by atoms with Crippen LogP contribution in [0.4, 0.5) is 0 Å². The van der Waals surface area contributed by atoms with E-state index in [9.17, 15) is 4.79 Å². The molecule has 1 aliphatic heterocycles. The van der Waals surface area contributed by atoms with Crippen molar-refractivity contribution < 1.29 is 4.79 Å². The van der Waals surface area contributed by atoms with E-state index in [0.717, 1.165) is 44.0 Å². The summed E-state index contributed by atoms with van der Waals surface area (Å²) in [4.78, 5) is 17.3. The minimum atomic E-state index is 0.0826. The molecule has 3 rings (SSSR count). The van der Waals surface area contributed by atoms with E-state index in [0.29, 0.717) is 10.6 Å². The van der Waals surface area contributed by atoms with E-state index in [1.807, 2.05) is 33.8 Å². The summed E-state index contributed by atoms with van der Waals surface area (Å²) in [7, 11) is 2.10. The molecule has 1 saturated heterocycles. The predicted molar refractivity (Wildman–Crippen MR) is 101 cm³/mol. The third-order valence-corrected chi connectivity index (χ3v) is 4.91. The van der Waals surface area contributed by atoms with Gasteiger partial charge < -0.3 is 9.80 Å². The second-order valence-electron chi connectivity index (χ2n) is 6.94. The third-order valence-electron chi connectivity index (χ3n) is 4.66. The van der Waals surface area contributed by atoms with Crippen LogP contribution in [0.5, 0.6) is 0 Å². The Bertz CT molecular complexity index is 738. The Labute approximate surface area is 154 Å². The monoisotopic (exact) mass is 360 g/mol. The molecule has 5 nitrogen and oxygen atoms in total. The van der Waals surface area contributed by atoms with Crippen LogP contribution in [0.1, 0.15) is 42.2 Å². The maximum atomic E-state index is 13.1. The molecule has 1 aromatic heterocycles. The van der Waals surface area contributed by atoms with Crippen molar-refractivity contribution in [3.63, 3.8) is 0 Å². The number of nitrogens with zero attached hydrogens (tertiary/aromatic N) is 4. The molecule has 0 spiro atoms. The first-order valence-electron chi connectivity index (χ1n) is 8.79. The molecule has 1 aliphatic rings. The molecule has 134 valence electrons. The molecule has 1 fully saturated rings. The van der Waals surface area contributed by atoms with Gasteiger partial charge in [-0.1, -0.05) is 25.4 Å². The number of likely N-dealkylation sites (N-methyl/N-ethyl adjacent to an activating group) is 1. The zero-order valence-electron chi connectivity index (χ0n) is 15.1. The topological polar surface area (TPSA) is 41.4 Å². The van der Waals surface area contributed by atoms with E-state index in [2.05, 4.69) is 30.9 Å². The molecule has 0 saturated carbocycles. The van der Waals surface area contributed by atoms with Gasteiger partial charge in [0.05, 0.1) is 23.1 Å². The van der Waals surface area contributed by atoms with Crippen molar-refractivity contribution in [2.45, 2.75) is 26.2 Å². The Hall–Kier alpha value is -1.85. The average Bonchev–Trinajstić information content (AvgIpc) is 2.92. The quantitative estimate of drug-likeness (QED) is 0.842. The molecule has 6 heteroatoms. The number of carbonyl (C=O) groups is 1.